The molecule has 1 aromatic rings. The van der Waals surface area contributed by atoms with E-state index in [4.69, 9.17) is 4.74 Å². The van der Waals surface area contributed by atoms with Crippen molar-refractivity contribution in [2.75, 3.05) is 26.7 Å². The number of aryl methyl sites for hydroxylation is 1. The quantitative estimate of drug-likeness (QED) is 0.845. The van der Waals surface area contributed by atoms with Gasteiger partial charge in [-0.1, -0.05) is 0 Å². The van der Waals surface area contributed by atoms with Crippen LogP contribution in [0.1, 0.15) is 26.2 Å². The fourth-order valence-electron chi connectivity index (χ4n) is 3.36. The first-order chi connectivity index (χ1) is 10.1. The first kappa shape index (κ1) is 14.4. The number of hydrogen-bond donors (Lipinski definition) is 0. The van der Waals surface area contributed by atoms with Crippen molar-refractivity contribution in [3.8, 4) is 0 Å². The highest BCUT2D eigenvalue weighted by molar-refractivity contribution is 5.70. The molecule has 0 N–H and O–H groups in total. The zero-order valence-electron chi connectivity index (χ0n) is 12.9. The normalized spacial score (nSPS) is 23.5. The molecular weight excluding hydrogens is 268 g/mol. The Labute approximate surface area is 125 Å². The Kier molecular flexibility index (Phi) is 3.89. The van der Waals surface area contributed by atoms with Gasteiger partial charge in [-0.05, 0) is 19.4 Å². The van der Waals surface area contributed by atoms with Gasteiger partial charge in [-0.2, -0.15) is 5.10 Å². The first-order valence-corrected chi connectivity index (χ1v) is 7.74. The van der Waals surface area contributed by atoms with Crippen molar-refractivity contribution in [3.63, 3.8) is 0 Å². The summed E-state index contributed by atoms with van der Waals surface area (Å²) in [6.07, 6.45) is 6.63. The minimum absolute atomic E-state index is 0.171. The molecule has 6 heteroatoms. The topological polar surface area (TPSA) is 50.6 Å². The van der Waals surface area contributed by atoms with Crippen LogP contribution >= 0.6 is 0 Å². The summed E-state index contributed by atoms with van der Waals surface area (Å²) in [4.78, 5) is 15.8. The molecule has 0 aromatic carbocycles. The summed E-state index contributed by atoms with van der Waals surface area (Å²) < 4.78 is 7.58. The third kappa shape index (κ3) is 3.05. The van der Waals surface area contributed by atoms with E-state index in [-0.39, 0.29) is 11.7 Å². The van der Waals surface area contributed by atoms with Gasteiger partial charge in [0, 0.05) is 58.0 Å². The van der Waals surface area contributed by atoms with Crippen molar-refractivity contribution in [3.05, 3.63) is 18.5 Å². The van der Waals surface area contributed by atoms with Crippen LogP contribution in [0.3, 0.4) is 0 Å². The molecule has 0 aliphatic carbocycles. The fraction of sp³-hybridized carbons (Fsp3) is 0.733. The molecular formula is C15H24N4O2. The molecule has 0 saturated carbocycles. The van der Waals surface area contributed by atoms with E-state index < -0.39 is 0 Å². The van der Waals surface area contributed by atoms with Crippen LogP contribution in [0, 0.1) is 0 Å². The van der Waals surface area contributed by atoms with Crippen LogP contribution in [-0.2, 0) is 11.3 Å². The second-order valence-electron chi connectivity index (χ2n) is 6.35. The Morgan fingerprint density at radius 2 is 2.19 bits per heavy atom. The molecule has 1 aromatic heterocycles. The van der Waals surface area contributed by atoms with Gasteiger partial charge in [-0.15, -0.1) is 0 Å². The van der Waals surface area contributed by atoms with Crippen LogP contribution < -0.4 is 0 Å². The molecule has 0 bridgehead atoms. The third-order valence-electron chi connectivity index (χ3n) is 4.81. The van der Waals surface area contributed by atoms with Crippen molar-refractivity contribution in [1.82, 2.24) is 19.6 Å². The summed E-state index contributed by atoms with van der Waals surface area (Å²) in [5, 5.41) is 4.24. The number of hydrogen-bond acceptors (Lipinski definition) is 4. The predicted molar refractivity (Wildman–Crippen MR) is 79.0 cm³/mol. The standard InChI is InChI=1S/C15H24N4O2/c1-13(4-9-19-8-3-7-16-19)18-10-5-15(6-11-18)12-17(2)14(20)21-15/h3,7-8,13H,4-6,9-12H2,1-2H3. The molecule has 1 amide bonds. The van der Waals surface area contributed by atoms with Gasteiger partial charge in [-0.25, -0.2) is 4.79 Å². The maximum absolute atomic E-state index is 11.6. The lowest BCUT2D eigenvalue weighted by atomic mass is 9.90. The van der Waals surface area contributed by atoms with E-state index in [2.05, 4.69) is 16.9 Å². The number of nitrogens with zero attached hydrogens (tertiary/aromatic N) is 4. The molecule has 1 unspecified atom stereocenters. The van der Waals surface area contributed by atoms with E-state index in [1.54, 1.807) is 4.90 Å². The minimum atomic E-state index is -0.232. The predicted octanol–water partition coefficient (Wildman–Crippen LogP) is 1.58. The van der Waals surface area contributed by atoms with E-state index in [1.807, 2.05) is 30.2 Å². The third-order valence-corrected chi connectivity index (χ3v) is 4.81. The van der Waals surface area contributed by atoms with Crippen molar-refractivity contribution in [1.29, 1.82) is 0 Å². The number of ether oxygens (including phenoxy) is 1. The zero-order valence-corrected chi connectivity index (χ0v) is 12.9. The molecule has 1 atom stereocenters. The summed E-state index contributed by atoms with van der Waals surface area (Å²) in [6, 6.07) is 2.49. The van der Waals surface area contributed by atoms with Gasteiger partial charge in [0.2, 0.25) is 0 Å². The summed E-state index contributed by atoms with van der Waals surface area (Å²) in [7, 11) is 1.82. The highest BCUT2D eigenvalue weighted by Crippen LogP contribution is 2.33. The van der Waals surface area contributed by atoms with Crippen molar-refractivity contribution in [2.24, 2.45) is 0 Å². The van der Waals surface area contributed by atoms with Gasteiger partial charge in [0.05, 0.1) is 6.54 Å². The van der Waals surface area contributed by atoms with Crippen LogP contribution in [0.2, 0.25) is 0 Å². The summed E-state index contributed by atoms with van der Waals surface area (Å²) >= 11 is 0. The van der Waals surface area contributed by atoms with Crippen molar-refractivity contribution < 1.29 is 9.53 Å². The van der Waals surface area contributed by atoms with Crippen LogP contribution in [0.15, 0.2) is 18.5 Å². The average Bonchev–Trinajstić information content (AvgIpc) is 3.07. The molecule has 2 saturated heterocycles. The minimum Gasteiger partial charge on any atom is -0.441 e. The van der Waals surface area contributed by atoms with E-state index in [1.165, 1.54) is 0 Å². The molecule has 2 fully saturated rings. The lowest BCUT2D eigenvalue weighted by Gasteiger charge is -2.40. The Morgan fingerprint density at radius 1 is 1.43 bits per heavy atom. The summed E-state index contributed by atoms with van der Waals surface area (Å²) in [6.45, 7) is 5.96. The smallest absolute Gasteiger partial charge is 0.410 e. The zero-order chi connectivity index (χ0) is 14.9. The fourth-order valence-corrected chi connectivity index (χ4v) is 3.36. The monoisotopic (exact) mass is 292 g/mol. The molecule has 21 heavy (non-hydrogen) atoms. The number of rotatable bonds is 4. The van der Waals surface area contributed by atoms with Crippen molar-refractivity contribution >= 4 is 6.09 Å². The van der Waals surface area contributed by atoms with E-state index in [0.29, 0.717) is 6.04 Å². The lowest BCUT2D eigenvalue weighted by Crippen LogP contribution is -2.49. The van der Waals surface area contributed by atoms with Crippen LogP contribution in [0.4, 0.5) is 4.79 Å². The van der Waals surface area contributed by atoms with Gasteiger partial charge in [0.25, 0.3) is 0 Å². The van der Waals surface area contributed by atoms with Gasteiger partial charge >= 0.3 is 6.09 Å². The van der Waals surface area contributed by atoms with Crippen molar-refractivity contribution in [2.45, 2.75) is 44.4 Å². The van der Waals surface area contributed by atoms with Gasteiger partial charge < -0.3 is 14.5 Å². The second kappa shape index (κ2) is 5.67. The Morgan fingerprint density at radius 3 is 2.76 bits per heavy atom. The number of aromatic nitrogens is 2. The first-order valence-electron chi connectivity index (χ1n) is 7.74. The maximum atomic E-state index is 11.6. The number of likely N-dealkylation sites (tertiary alicyclic amines) is 1. The van der Waals surface area contributed by atoms with Gasteiger partial charge in [0.15, 0.2) is 0 Å². The highest BCUT2D eigenvalue weighted by Gasteiger charge is 2.45. The molecule has 2 aliphatic heterocycles. The average molecular weight is 292 g/mol. The van der Waals surface area contributed by atoms with Gasteiger partial charge in [0.1, 0.15) is 5.60 Å². The Balaban J connectivity index is 1.48. The molecule has 1 spiro atoms. The molecule has 3 rings (SSSR count). The second-order valence-corrected chi connectivity index (χ2v) is 6.35. The number of carbonyl (C=O) groups excluding carboxylic acids is 1. The Hall–Kier alpha value is -1.56. The van der Waals surface area contributed by atoms with Crippen LogP contribution in [0.25, 0.3) is 0 Å². The number of piperidine rings is 1. The Bertz CT molecular complexity index is 480. The summed E-state index contributed by atoms with van der Waals surface area (Å²) in [5.41, 5.74) is -0.232. The SMILES string of the molecule is CC(CCn1cccn1)N1CCC2(CC1)CN(C)C(=O)O2. The molecule has 0 radical (unpaired) electrons. The molecule has 2 aliphatic rings. The van der Waals surface area contributed by atoms with E-state index in [0.717, 1.165) is 45.4 Å². The number of carbonyl (C=O) groups is 1. The number of amides is 1. The molecule has 3 heterocycles. The lowest BCUT2D eigenvalue weighted by molar-refractivity contribution is -0.00945. The maximum Gasteiger partial charge on any atom is 0.410 e. The molecule has 116 valence electrons. The van der Waals surface area contributed by atoms with Crippen LogP contribution in [-0.4, -0.2) is 64.0 Å². The summed E-state index contributed by atoms with van der Waals surface area (Å²) in [5.74, 6) is 0. The van der Waals surface area contributed by atoms with E-state index in [9.17, 15) is 4.79 Å². The largest absolute Gasteiger partial charge is 0.441 e. The molecule has 6 nitrogen and oxygen atoms in total. The number of likely N-dealkylation sites (N-methyl/N-ethyl adjacent to an activating group) is 1. The highest BCUT2D eigenvalue weighted by atomic mass is 16.6. The van der Waals surface area contributed by atoms with Gasteiger partial charge in [-0.3, -0.25) is 4.68 Å². The van der Waals surface area contributed by atoms with E-state index >= 15 is 0 Å². The van der Waals surface area contributed by atoms with Crippen LogP contribution in [0.5, 0.6) is 0 Å².